The summed E-state index contributed by atoms with van der Waals surface area (Å²) in [6.45, 7) is 1.13. The average molecular weight is 288 g/mol. The van der Waals surface area contributed by atoms with Gasteiger partial charge in [-0.25, -0.2) is 0 Å². The second-order valence-electron chi connectivity index (χ2n) is 4.95. The predicted octanol–water partition coefficient (Wildman–Crippen LogP) is 1.43. The van der Waals surface area contributed by atoms with Gasteiger partial charge in [0.25, 0.3) is 5.69 Å². The number of nitriles is 1. The lowest BCUT2D eigenvalue weighted by molar-refractivity contribution is -0.384. The molecule has 1 aromatic rings. The van der Waals surface area contributed by atoms with E-state index in [2.05, 4.69) is 5.32 Å². The van der Waals surface area contributed by atoms with Crippen LogP contribution in [0.5, 0.6) is 0 Å². The Labute approximate surface area is 122 Å². The number of nitrogens with one attached hydrogen (secondary N) is 1. The lowest BCUT2D eigenvalue weighted by Gasteiger charge is -2.32. The van der Waals surface area contributed by atoms with Crippen LogP contribution in [0.25, 0.3) is 0 Å². The molecule has 7 heteroatoms. The van der Waals surface area contributed by atoms with Crippen LogP contribution >= 0.6 is 0 Å². The minimum Gasteiger partial charge on any atom is -0.366 e. The van der Waals surface area contributed by atoms with E-state index < -0.39 is 4.92 Å². The summed E-state index contributed by atoms with van der Waals surface area (Å²) in [5.41, 5.74) is 0.839. The molecule has 1 aliphatic heterocycles. The Balaban J connectivity index is 2.21. The Hall–Kier alpha value is -2.62. The molecular formula is C14H16N4O3. The van der Waals surface area contributed by atoms with Crippen LogP contribution in [-0.4, -0.2) is 31.0 Å². The molecule has 21 heavy (non-hydrogen) atoms. The molecule has 1 amide bonds. The molecule has 0 aromatic heterocycles. The van der Waals surface area contributed by atoms with Crippen molar-refractivity contribution in [3.8, 4) is 6.07 Å². The Morgan fingerprint density at radius 3 is 2.67 bits per heavy atom. The van der Waals surface area contributed by atoms with E-state index in [0.29, 0.717) is 37.2 Å². The van der Waals surface area contributed by atoms with Crippen molar-refractivity contribution in [2.45, 2.75) is 12.8 Å². The number of nitro benzene ring substituents is 1. The molecule has 0 atom stereocenters. The maximum Gasteiger partial charge on any atom is 0.292 e. The molecule has 2 rings (SSSR count). The number of amides is 1. The summed E-state index contributed by atoms with van der Waals surface area (Å²) in [6.07, 6.45) is 1.29. The van der Waals surface area contributed by atoms with Crippen molar-refractivity contribution in [1.82, 2.24) is 5.32 Å². The highest BCUT2D eigenvalue weighted by molar-refractivity contribution is 5.78. The lowest BCUT2D eigenvalue weighted by atomic mass is 9.95. The quantitative estimate of drug-likeness (QED) is 0.670. The number of benzene rings is 1. The number of piperidine rings is 1. The van der Waals surface area contributed by atoms with Gasteiger partial charge in [-0.05, 0) is 25.0 Å². The van der Waals surface area contributed by atoms with Crippen molar-refractivity contribution in [2.24, 2.45) is 5.92 Å². The minimum atomic E-state index is -0.443. The second kappa shape index (κ2) is 6.22. The maximum atomic E-state index is 11.6. The van der Waals surface area contributed by atoms with Gasteiger partial charge in [-0.15, -0.1) is 0 Å². The molecule has 0 spiro atoms. The van der Waals surface area contributed by atoms with Gasteiger partial charge in [0.05, 0.1) is 16.6 Å². The maximum absolute atomic E-state index is 11.6. The van der Waals surface area contributed by atoms with E-state index in [0.717, 1.165) is 0 Å². The van der Waals surface area contributed by atoms with E-state index in [1.165, 1.54) is 12.1 Å². The molecule has 1 N–H and O–H groups in total. The van der Waals surface area contributed by atoms with Crippen LogP contribution in [0, 0.1) is 27.4 Å². The third kappa shape index (κ3) is 3.11. The van der Waals surface area contributed by atoms with Gasteiger partial charge in [0.1, 0.15) is 5.69 Å². The first-order chi connectivity index (χ1) is 10.1. The van der Waals surface area contributed by atoms with Crippen LogP contribution in [0.15, 0.2) is 18.2 Å². The molecule has 1 fully saturated rings. The molecule has 0 bridgehead atoms. The first-order valence-corrected chi connectivity index (χ1v) is 6.72. The first-order valence-electron chi connectivity index (χ1n) is 6.72. The highest BCUT2D eigenvalue weighted by Crippen LogP contribution is 2.32. The fourth-order valence-electron chi connectivity index (χ4n) is 2.59. The van der Waals surface area contributed by atoms with Crippen molar-refractivity contribution in [2.75, 3.05) is 25.0 Å². The molecule has 110 valence electrons. The van der Waals surface area contributed by atoms with Gasteiger partial charge in [-0.1, -0.05) is 0 Å². The van der Waals surface area contributed by atoms with Gasteiger partial charge >= 0.3 is 0 Å². The number of hydrogen-bond acceptors (Lipinski definition) is 5. The highest BCUT2D eigenvalue weighted by atomic mass is 16.6. The van der Waals surface area contributed by atoms with E-state index in [-0.39, 0.29) is 17.5 Å². The molecule has 0 radical (unpaired) electrons. The zero-order chi connectivity index (χ0) is 15.4. The second-order valence-corrected chi connectivity index (χ2v) is 4.95. The summed E-state index contributed by atoms with van der Waals surface area (Å²) < 4.78 is 0. The monoisotopic (exact) mass is 288 g/mol. The number of carbonyl (C=O) groups excluding carboxylic acids is 1. The smallest absolute Gasteiger partial charge is 0.292 e. The molecule has 0 saturated carbocycles. The van der Waals surface area contributed by atoms with E-state index in [9.17, 15) is 14.9 Å². The van der Waals surface area contributed by atoms with Crippen molar-refractivity contribution in [3.63, 3.8) is 0 Å². The predicted molar refractivity (Wildman–Crippen MR) is 76.8 cm³/mol. The molecule has 1 heterocycles. The summed E-state index contributed by atoms with van der Waals surface area (Å²) in [7, 11) is 1.61. The fourth-order valence-corrected chi connectivity index (χ4v) is 2.59. The van der Waals surface area contributed by atoms with Crippen molar-refractivity contribution in [1.29, 1.82) is 5.26 Å². The standard InChI is InChI=1S/C14H16N4O3/c1-16-14(19)11-4-6-17(7-5-11)13-8-10(9-15)2-3-12(13)18(20)21/h2-3,8,11H,4-7H2,1H3,(H,16,19). The van der Waals surface area contributed by atoms with E-state index >= 15 is 0 Å². The molecule has 1 aromatic carbocycles. The SMILES string of the molecule is CNC(=O)C1CCN(c2cc(C#N)ccc2[N+](=O)[O-])CC1. The molecule has 1 saturated heterocycles. The van der Waals surface area contributed by atoms with Gasteiger partial charge in [0.15, 0.2) is 0 Å². The van der Waals surface area contributed by atoms with Crippen LogP contribution in [0.1, 0.15) is 18.4 Å². The molecular weight excluding hydrogens is 272 g/mol. The summed E-state index contributed by atoms with van der Waals surface area (Å²) in [5, 5.41) is 22.7. The van der Waals surface area contributed by atoms with Gasteiger partial charge in [0, 0.05) is 32.1 Å². The van der Waals surface area contributed by atoms with Crippen LogP contribution in [0.4, 0.5) is 11.4 Å². The fraction of sp³-hybridized carbons (Fsp3) is 0.429. The van der Waals surface area contributed by atoms with Gasteiger partial charge in [-0.2, -0.15) is 5.26 Å². The van der Waals surface area contributed by atoms with Crippen molar-refractivity contribution in [3.05, 3.63) is 33.9 Å². The topological polar surface area (TPSA) is 99.3 Å². The van der Waals surface area contributed by atoms with E-state index in [1.807, 2.05) is 11.0 Å². The van der Waals surface area contributed by atoms with Crippen molar-refractivity contribution < 1.29 is 9.72 Å². The van der Waals surface area contributed by atoms with Gasteiger partial charge in [0.2, 0.25) is 5.91 Å². The third-order valence-electron chi connectivity index (χ3n) is 3.75. The van der Waals surface area contributed by atoms with E-state index in [1.54, 1.807) is 13.1 Å². The van der Waals surface area contributed by atoms with Crippen molar-refractivity contribution >= 4 is 17.3 Å². The number of anilines is 1. The Kier molecular flexibility index (Phi) is 4.38. The zero-order valence-electron chi connectivity index (χ0n) is 11.7. The van der Waals surface area contributed by atoms with Crippen LogP contribution in [-0.2, 0) is 4.79 Å². The summed E-state index contributed by atoms with van der Waals surface area (Å²) in [5.74, 6) is -0.0422. The number of carbonyl (C=O) groups is 1. The molecule has 7 nitrogen and oxygen atoms in total. The van der Waals surface area contributed by atoms with Crippen LogP contribution in [0.2, 0.25) is 0 Å². The van der Waals surface area contributed by atoms with Crippen LogP contribution in [0.3, 0.4) is 0 Å². The summed E-state index contributed by atoms with van der Waals surface area (Å²) >= 11 is 0. The zero-order valence-corrected chi connectivity index (χ0v) is 11.7. The minimum absolute atomic E-state index is 0.00704. The number of hydrogen-bond donors (Lipinski definition) is 1. The first kappa shape index (κ1) is 14.8. The van der Waals surface area contributed by atoms with Gasteiger partial charge < -0.3 is 10.2 Å². The largest absolute Gasteiger partial charge is 0.366 e. The third-order valence-corrected chi connectivity index (χ3v) is 3.75. The molecule has 0 unspecified atom stereocenters. The number of rotatable bonds is 3. The Morgan fingerprint density at radius 2 is 2.14 bits per heavy atom. The number of nitrogens with zero attached hydrogens (tertiary/aromatic N) is 3. The van der Waals surface area contributed by atoms with Crippen LogP contribution < -0.4 is 10.2 Å². The lowest BCUT2D eigenvalue weighted by Crippen LogP contribution is -2.39. The van der Waals surface area contributed by atoms with Gasteiger partial charge in [-0.3, -0.25) is 14.9 Å². The van der Waals surface area contributed by atoms with E-state index in [4.69, 9.17) is 5.26 Å². The molecule has 0 aliphatic carbocycles. The number of nitro groups is 1. The normalized spacial score (nSPS) is 15.3. The Bertz CT molecular complexity index is 601. The summed E-state index contributed by atoms with van der Waals surface area (Å²) in [6, 6.07) is 6.34. The highest BCUT2D eigenvalue weighted by Gasteiger charge is 2.27. The summed E-state index contributed by atoms with van der Waals surface area (Å²) in [4.78, 5) is 24.1. The Morgan fingerprint density at radius 1 is 1.48 bits per heavy atom. The molecule has 1 aliphatic rings. The average Bonchev–Trinajstić information content (AvgIpc) is 2.53.